The summed E-state index contributed by atoms with van der Waals surface area (Å²) in [6, 6.07) is 0.618. The molecule has 0 spiro atoms. The standard InChI is InChI=1S/C15H28N2O/c1-2-17(12-13-8-4-3-5-9-13)15(18)16-14-10-6-7-11-14/h13-14H,2-12H2,1H3,(H,16,18). The van der Waals surface area contributed by atoms with E-state index in [1.807, 2.05) is 4.90 Å². The van der Waals surface area contributed by atoms with Crippen molar-refractivity contribution in [2.75, 3.05) is 13.1 Å². The van der Waals surface area contributed by atoms with Gasteiger partial charge in [-0.15, -0.1) is 0 Å². The minimum Gasteiger partial charge on any atom is -0.335 e. The number of nitrogens with zero attached hydrogens (tertiary/aromatic N) is 1. The molecule has 0 radical (unpaired) electrons. The third kappa shape index (κ3) is 3.89. The smallest absolute Gasteiger partial charge is 0.317 e. The van der Waals surface area contributed by atoms with Crippen LogP contribution in [-0.2, 0) is 0 Å². The van der Waals surface area contributed by atoms with Gasteiger partial charge in [0.1, 0.15) is 0 Å². The molecule has 0 heterocycles. The minimum absolute atomic E-state index is 0.176. The van der Waals surface area contributed by atoms with Crippen LogP contribution in [0.4, 0.5) is 4.79 Å². The van der Waals surface area contributed by atoms with Crippen molar-refractivity contribution < 1.29 is 4.79 Å². The van der Waals surface area contributed by atoms with Crippen LogP contribution in [-0.4, -0.2) is 30.1 Å². The summed E-state index contributed by atoms with van der Waals surface area (Å²) in [6.45, 7) is 3.90. The van der Waals surface area contributed by atoms with Gasteiger partial charge in [0.05, 0.1) is 0 Å². The van der Waals surface area contributed by atoms with Gasteiger partial charge < -0.3 is 10.2 Å². The first kappa shape index (κ1) is 13.7. The maximum absolute atomic E-state index is 12.2. The molecule has 3 nitrogen and oxygen atoms in total. The van der Waals surface area contributed by atoms with Crippen LogP contribution in [0.1, 0.15) is 64.7 Å². The van der Waals surface area contributed by atoms with Crippen LogP contribution < -0.4 is 5.32 Å². The van der Waals surface area contributed by atoms with Gasteiger partial charge in [-0.25, -0.2) is 4.79 Å². The maximum atomic E-state index is 12.2. The van der Waals surface area contributed by atoms with Crippen molar-refractivity contribution in [3.05, 3.63) is 0 Å². The predicted molar refractivity (Wildman–Crippen MR) is 74.6 cm³/mol. The molecule has 2 amide bonds. The van der Waals surface area contributed by atoms with E-state index in [2.05, 4.69) is 12.2 Å². The van der Waals surface area contributed by atoms with Crippen LogP contribution >= 0.6 is 0 Å². The highest BCUT2D eigenvalue weighted by atomic mass is 16.2. The topological polar surface area (TPSA) is 32.3 Å². The number of carbonyl (C=O) groups is 1. The number of carbonyl (C=O) groups excluding carboxylic acids is 1. The van der Waals surface area contributed by atoms with E-state index >= 15 is 0 Å². The van der Waals surface area contributed by atoms with E-state index < -0.39 is 0 Å². The first-order valence-electron chi connectivity index (χ1n) is 7.85. The van der Waals surface area contributed by atoms with Crippen molar-refractivity contribution in [2.24, 2.45) is 5.92 Å². The van der Waals surface area contributed by atoms with E-state index in [4.69, 9.17) is 0 Å². The minimum atomic E-state index is 0.176. The monoisotopic (exact) mass is 252 g/mol. The summed E-state index contributed by atoms with van der Waals surface area (Å²) in [6.07, 6.45) is 11.6. The summed E-state index contributed by atoms with van der Waals surface area (Å²) in [4.78, 5) is 14.2. The Labute approximate surface area is 111 Å². The van der Waals surface area contributed by atoms with Gasteiger partial charge in [0.25, 0.3) is 0 Å². The summed E-state index contributed by atoms with van der Waals surface area (Å²) in [5, 5.41) is 3.21. The molecular weight excluding hydrogens is 224 g/mol. The van der Waals surface area contributed by atoms with Crippen molar-refractivity contribution in [1.82, 2.24) is 10.2 Å². The van der Waals surface area contributed by atoms with Crippen molar-refractivity contribution >= 4 is 6.03 Å². The van der Waals surface area contributed by atoms with Gasteiger partial charge in [0, 0.05) is 19.1 Å². The van der Waals surface area contributed by atoms with E-state index in [1.54, 1.807) is 0 Å². The quantitative estimate of drug-likeness (QED) is 0.815. The molecule has 0 atom stereocenters. The Bertz CT molecular complexity index is 255. The number of rotatable bonds is 4. The van der Waals surface area contributed by atoms with Crippen LogP contribution in [0, 0.1) is 5.92 Å². The molecule has 104 valence electrons. The summed E-state index contributed by atoms with van der Waals surface area (Å²) < 4.78 is 0. The third-order valence-corrected chi connectivity index (χ3v) is 4.56. The largest absolute Gasteiger partial charge is 0.335 e. The number of nitrogens with one attached hydrogen (secondary N) is 1. The lowest BCUT2D eigenvalue weighted by molar-refractivity contribution is 0.178. The van der Waals surface area contributed by atoms with Crippen molar-refractivity contribution in [3.63, 3.8) is 0 Å². The van der Waals surface area contributed by atoms with Gasteiger partial charge in [0.2, 0.25) is 0 Å². The fraction of sp³-hybridized carbons (Fsp3) is 0.933. The molecule has 2 aliphatic rings. The maximum Gasteiger partial charge on any atom is 0.317 e. The van der Waals surface area contributed by atoms with Crippen molar-refractivity contribution in [1.29, 1.82) is 0 Å². The highest BCUT2D eigenvalue weighted by Crippen LogP contribution is 2.24. The first-order valence-corrected chi connectivity index (χ1v) is 7.85. The molecule has 2 fully saturated rings. The molecule has 2 rings (SSSR count). The van der Waals surface area contributed by atoms with E-state index in [-0.39, 0.29) is 6.03 Å². The number of amides is 2. The van der Waals surface area contributed by atoms with Gasteiger partial charge in [-0.1, -0.05) is 32.1 Å². The first-order chi connectivity index (χ1) is 8.79. The molecule has 0 aromatic heterocycles. The van der Waals surface area contributed by atoms with Crippen LogP contribution in [0.3, 0.4) is 0 Å². The Morgan fingerprint density at radius 2 is 1.67 bits per heavy atom. The second-order valence-corrected chi connectivity index (χ2v) is 5.97. The van der Waals surface area contributed by atoms with Crippen molar-refractivity contribution in [3.8, 4) is 0 Å². The molecule has 0 aromatic carbocycles. The molecule has 0 aromatic rings. The van der Waals surface area contributed by atoms with E-state index in [9.17, 15) is 4.79 Å². The van der Waals surface area contributed by atoms with Gasteiger partial charge in [-0.3, -0.25) is 0 Å². The third-order valence-electron chi connectivity index (χ3n) is 4.56. The zero-order valence-electron chi connectivity index (χ0n) is 11.8. The van der Waals surface area contributed by atoms with Gasteiger partial charge in [-0.2, -0.15) is 0 Å². The number of urea groups is 1. The molecule has 0 saturated heterocycles. The SMILES string of the molecule is CCN(CC1CCCCC1)C(=O)NC1CCCC1. The lowest BCUT2D eigenvalue weighted by atomic mass is 9.89. The fourth-order valence-corrected chi connectivity index (χ4v) is 3.37. The number of hydrogen-bond acceptors (Lipinski definition) is 1. The van der Waals surface area contributed by atoms with Crippen LogP contribution in [0.2, 0.25) is 0 Å². The predicted octanol–water partition coefficient (Wildman–Crippen LogP) is 3.54. The lowest BCUT2D eigenvalue weighted by Gasteiger charge is -2.30. The van der Waals surface area contributed by atoms with Crippen LogP contribution in [0.15, 0.2) is 0 Å². The van der Waals surface area contributed by atoms with E-state index in [1.165, 1.54) is 57.8 Å². The lowest BCUT2D eigenvalue weighted by Crippen LogP contribution is -2.45. The summed E-state index contributed by atoms with van der Waals surface area (Å²) in [5.41, 5.74) is 0. The van der Waals surface area contributed by atoms with Gasteiger partial charge >= 0.3 is 6.03 Å². The Balaban J connectivity index is 1.76. The summed E-state index contributed by atoms with van der Waals surface area (Å²) >= 11 is 0. The molecule has 18 heavy (non-hydrogen) atoms. The Morgan fingerprint density at radius 3 is 2.28 bits per heavy atom. The molecule has 3 heteroatoms. The molecule has 0 bridgehead atoms. The highest BCUT2D eigenvalue weighted by molar-refractivity contribution is 5.74. The molecule has 1 N–H and O–H groups in total. The van der Waals surface area contributed by atoms with Crippen LogP contribution in [0.25, 0.3) is 0 Å². The summed E-state index contributed by atoms with van der Waals surface area (Å²) in [7, 11) is 0. The Morgan fingerprint density at radius 1 is 1.06 bits per heavy atom. The Kier molecular flexibility index (Phi) is 5.33. The molecule has 0 unspecified atom stereocenters. The molecule has 2 saturated carbocycles. The van der Waals surface area contributed by atoms with Crippen LogP contribution in [0.5, 0.6) is 0 Å². The van der Waals surface area contributed by atoms with Crippen molar-refractivity contribution in [2.45, 2.75) is 70.8 Å². The van der Waals surface area contributed by atoms with Gasteiger partial charge in [-0.05, 0) is 38.5 Å². The summed E-state index contributed by atoms with van der Waals surface area (Å²) in [5.74, 6) is 0.744. The second-order valence-electron chi connectivity index (χ2n) is 5.97. The zero-order chi connectivity index (χ0) is 12.8. The zero-order valence-corrected chi connectivity index (χ0v) is 11.8. The number of hydrogen-bond donors (Lipinski definition) is 1. The second kappa shape index (κ2) is 7.01. The fourth-order valence-electron chi connectivity index (χ4n) is 3.37. The van der Waals surface area contributed by atoms with E-state index in [0.29, 0.717) is 6.04 Å². The average molecular weight is 252 g/mol. The highest BCUT2D eigenvalue weighted by Gasteiger charge is 2.23. The molecular formula is C15H28N2O. The Hall–Kier alpha value is -0.730. The average Bonchev–Trinajstić information content (AvgIpc) is 2.90. The molecule has 0 aliphatic heterocycles. The van der Waals surface area contributed by atoms with Gasteiger partial charge in [0.15, 0.2) is 0 Å². The normalized spacial score (nSPS) is 22.1. The molecule has 2 aliphatic carbocycles. The van der Waals surface area contributed by atoms with E-state index in [0.717, 1.165) is 19.0 Å².